The lowest BCUT2D eigenvalue weighted by Crippen LogP contribution is -2.36. The van der Waals surface area contributed by atoms with Crippen LogP contribution in [0.5, 0.6) is 0 Å². The monoisotopic (exact) mass is 462 g/mol. The number of aliphatic hydroxyl groups is 1. The number of nitrogens with zero attached hydrogens (tertiary/aromatic N) is 3. The summed E-state index contributed by atoms with van der Waals surface area (Å²) in [6.45, 7) is 0. The van der Waals surface area contributed by atoms with Crippen LogP contribution < -0.4 is 5.32 Å². The molecular weight excluding hydrogens is 436 g/mol. The molecule has 8 heteroatoms. The second-order valence-corrected chi connectivity index (χ2v) is 10.4. The molecule has 33 heavy (non-hydrogen) atoms. The molecule has 0 unspecified atom stereocenters. The van der Waals surface area contributed by atoms with Crippen LogP contribution in [0.4, 0.5) is 5.95 Å². The first-order chi connectivity index (χ1) is 16.0. The van der Waals surface area contributed by atoms with Gasteiger partial charge >= 0.3 is 0 Å². The van der Waals surface area contributed by atoms with E-state index >= 15 is 0 Å². The number of rotatable bonds is 6. The van der Waals surface area contributed by atoms with Crippen molar-refractivity contribution in [2.75, 3.05) is 5.32 Å². The van der Waals surface area contributed by atoms with Crippen LogP contribution in [0.15, 0.2) is 78.0 Å². The van der Waals surface area contributed by atoms with E-state index in [0.29, 0.717) is 22.0 Å². The first kappa shape index (κ1) is 21.6. The maximum Gasteiger partial charge on any atom is 0.224 e. The Labute approximate surface area is 193 Å². The molecular formula is C25H26N4O3S. The van der Waals surface area contributed by atoms with Crippen molar-refractivity contribution in [1.82, 2.24) is 14.5 Å². The van der Waals surface area contributed by atoms with Gasteiger partial charge in [-0.25, -0.2) is 13.4 Å². The molecule has 0 bridgehead atoms. The number of benzene rings is 2. The van der Waals surface area contributed by atoms with E-state index in [-0.39, 0.29) is 11.8 Å². The molecule has 1 fully saturated rings. The van der Waals surface area contributed by atoms with E-state index in [1.807, 2.05) is 53.2 Å². The molecule has 1 saturated carbocycles. The summed E-state index contributed by atoms with van der Waals surface area (Å²) in [6.07, 6.45) is 6.84. The number of anilines is 1. The van der Waals surface area contributed by atoms with E-state index in [4.69, 9.17) is 0 Å². The van der Waals surface area contributed by atoms with Crippen molar-refractivity contribution in [3.63, 3.8) is 0 Å². The van der Waals surface area contributed by atoms with E-state index in [1.165, 1.54) is 0 Å². The summed E-state index contributed by atoms with van der Waals surface area (Å²) in [5.74, 6) is 1.03. The Morgan fingerprint density at radius 1 is 1.00 bits per heavy atom. The highest BCUT2D eigenvalue weighted by Crippen LogP contribution is 2.29. The van der Waals surface area contributed by atoms with Gasteiger partial charge in [-0.15, -0.1) is 0 Å². The van der Waals surface area contributed by atoms with Gasteiger partial charge in [0.25, 0.3) is 0 Å². The average molecular weight is 463 g/mol. The van der Waals surface area contributed by atoms with Crippen molar-refractivity contribution in [1.29, 1.82) is 0 Å². The third kappa shape index (κ3) is 4.49. The largest absolute Gasteiger partial charge is 0.391 e. The van der Waals surface area contributed by atoms with Crippen LogP contribution in [-0.2, 0) is 15.6 Å². The number of hydrogen-bond donors (Lipinski definition) is 2. The molecule has 0 aliphatic heterocycles. The minimum absolute atomic E-state index is 0.0522. The van der Waals surface area contributed by atoms with Crippen LogP contribution in [0.2, 0.25) is 0 Å². The third-order valence-electron chi connectivity index (χ3n) is 6.16. The quantitative estimate of drug-likeness (QED) is 0.448. The highest BCUT2D eigenvalue weighted by atomic mass is 32.2. The van der Waals surface area contributed by atoms with Gasteiger partial charge in [0.05, 0.1) is 28.3 Å². The zero-order valence-electron chi connectivity index (χ0n) is 18.1. The Balaban J connectivity index is 1.47. The van der Waals surface area contributed by atoms with Crippen LogP contribution in [0, 0.1) is 0 Å². The van der Waals surface area contributed by atoms with Gasteiger partial charge in [-0.05, 0) is 42.7 Å². The number of aliphatic hydroxyl groups excluding tert-OH is 1. The normalized spacial score (nSPS) is 18.9. The van der Waals surface area contributed by atoms with Gasteiger partial charge < -0.3 is 15.0 Å². The van der Waals surface area contributed by atoms with Gasteiger partial charge in [0.1, 0.15) is 5.82 Å². The molecule has 0 spiro atoms. The van der Waals surface area contributed by atoms with E-state index < -0.39 is 15.9 Å². The van der Waals surface area contributed by atoms with E-state index in [9.17, 15) is 13.5 Å². The molecule has 1 aliphatic rings. The van der Waals surface area contributed by atoms with Crippen molar-refractivity contribution in [3.8, 4) is 5.82 Å². The Morgan fingerprint density at radius 2 is 1.82 bits per heavy atom. The van der Waals surface area contributed by atoms with Crippen LogP contribution in [-0.4, -0.2) is 40.2 Å². The summed E-state index contributed by atoms with van der Waals surface area (Å²) in [5.41, 5.74) is 1.51. The van der Waals surface area contributed by atoms with Crippen LogP contribution >= 0.6 is 0 Å². The van der Waals surface area contributed by atoms with E-state index in [1.54, 1.807) is 24.4 Å². The second-order valence-electron chi connectivity index (χ2n) is 8.46. The molecule has 0 saturated heterocycles. The molecule has 0 amide bonds. The van der Waals surface area contributed by atoms with Gasteiger partial charge in [0, 0.05) is 17.8 Å². The molecule has 5 rings (SSSR count). The van der Waals surface area contributed by atoms with Gasteiger partial charge in [-0.2, -0.15) is 4.98 Å². The number of nitrogens with one attached hydrogen (secondary N) is 1. The van der Waals surface area contributed by atoms with Gasteiger partial charge in [0.15, 0.2) is 9.84 Å². The second kappa shape index (κ2) is 8.96. The van der Waals surface area contributed by atoms with Crippen molar-refractivity contribution in [2.45, 2.75) is 48.5 Å². The molecule has 2 atom stereocenters. The molecule has 4 aromatic rings. The van der Waals surface area contributed by atoms with Crippen molar-refractivity contribution < 1.29 is 13.5 Å². The molecule has 2 N–H and O–H groups in total. The minimum atomic E-state index is -3.53. The Hall–Kier alpha value is -3.23. The first-order valence-corrected chi connectivity index (χ1v) is 12.8. The highest BCUT2D eigenvalue weighted by molar-refractivity contribution is 7.90. The fraction of sp³-hybridized carbons (Fsp3) is 0.280. The van der Waals surface area contributed by atoms with Crippen LogP contribution in [0.3, 0.4) is 0 Å². The van der Waals surface area contributed by atoms with Crippen molar-refractivity contribution in [2.24, 2.45) is 0 Å². The predicted molar refractivity (Wildman–Crippen MR) is 128 cm³/mol. The SMILES string of the molecule is O=S(=O)(Cc1ccccc1)c1cccc2c1ccn2-c1ccnc(N[C@@H]2CCCC[C@H]2O)n1. The Bertz CT molecular complexity index is 1370. The third-order valence-corrected chi connectivity index (χ3v) is 7.90. The number of fused-ring (bicyclic) bond motifs is 1. The van der Waals surface area contributed by atoms with E-state index in [0.717, 1.165) is 36.8 Å². The Morgan fingerprint density at radius 3 is 2.64 bits per heavy atom. The lowest BCUT2D eigenvalue weighted by atomic mass is 9.93. The zero-order valence-corrected chi connectivity index (χ0v) is 18.9. The average Bonchev–Trinajstić information content (AvgIpc) is 3.25. The standard InChI is InChI=1S/C25H26N4O3S/c30-22-11-5-4-9-20(22)27-25-26-15-13-24(28-25)29-16-14-19-21(29)10-6-12-23(19)33(31,32)17-18-7-2-1-3-8-18/h1-3,6-8,10,12-16,20,22,30H,4-5,9,11,17H2,(H,26,27,28)/t20-,22-/m1/s1. The lowest BCUT2D eigenvalue weighted by molar-refractivity contribution is 0.116. The molecule has 2 heterocycles. The maximum absolute atomic E-state index is 13.2. The summed E-state index contributed by atoms with van der Waals surface area (Å²) in [7, 11) is -3.53. The van der Waals surface area contributed by atoms with Gasteiger partial charge in [0.2, 0.25) is 5.95 Å². The summed E-state index contributed by atoms with van der Waals surface area (Å²) >= 11 is 0. The summed E-state index contributed by atoms with van der Waals surface area (Å²) in [6, 6.07) is 18.0. The van der Waals surface area contributed by atoms with Crippen LogP contribution in [0.1, 0.15) is 31.2 Å². The highest BCUT2D eigenvalue weighted by Gasteiger charge is 2.24. The van der Waals surface area contributed by atoms with Crippen molar-refractivity contribution >= 4 is 26.7 Å². The molecule has 1 aliphatic carbocycles. The zero-order chi connectivity index (χ0) is 22.8. The predicted octanol–water partition coefficient (Wildman–Crippen LogP) is 4.11. The molecule has 170 valence electrons. The molecule has 0 radical (unpaired) electrons. The minimum Gasteiger partial charge on any atom is -0.391 e. The Kier molecular flexibility index (Phi) is 5.86. The van der Waals surface area contributed by atoms with Gasteiger partial charge in [-0.1, -0.05) is 49.2 Å². The molecule has 2 aromatic carbocycles. The smallest absolute Gasteiger partial charge is 0.224 e. The summed E-state index contributed by atoms with van der Waals surface area (Å²) in [5, 5.41) is 14.2. The van der Waals surface area contributed by atoms with E-state index in [2.05, 4.69) is 15.3 Å². The number of sulfone groups is 1. The van der Waals surface area contributed by atoms with Gasteiger partial charge in [-0.3, -0.25) is 0 Å². The molecule has 7 nitrogen and oxygen atoms in total. The summed E-state index contributed by atoms with van der Waals surface area (Å²) in [4.78, 5) is 9.26. The maximum atomic E-state index is 13.2. The number of aromatic nitrogens is 3. The summed E-state index contributed by atoms with van der Waals surface area (Å²) < 4.78 is 28.3. The fourth-order valence-electron chi connectivity index (χ4n) is 4.48. The first-order valence-electron chi connectivity index (χ1n) is 11.2. The lowest BCUT2D eigenvalue weighted by Gasteiger charge is -2.28. The topological polar surface area (TPSA) is 97.1 Å². The van der Waals surface area contributed by atoms with Crippen molar-refractivity contribution in [3.05, 3.63) is 78.6 Å². The number of hydrogen-bond acceptors (Lipinski definition) is 6. The van der Waals surface area contributed by atoms with Crippen LogP contribution in [0.25, 0.3) is 16.7 Å². The fourth-order valence-corrected chi connectivity index (χ4v) is 6.06. The molecule has 2 aromatic heterocycles.